The summed E-state index contributed by atoms with van der Waals surface area (Å²) in [5.74, 6) is 0.136. The minimum atomic E-state index is -0.0238. The summed E-state index contributed by atoms with van der Waals surface area (Å²) in [6.07, 6.45) is 0. The lowest BCUT2D eigenvalue weighted by Crippen LogP contribution is -2.51. The lowest BCUT2D eigenvalue weighted by molar-refractivity contribution is -0.132. The van der Waals surface area contributed by atoms with Gasteiger partial charge in [0.15, 0.2) is 0 Å². The highest BCUT2D eigenvalue weighted by atomic mass is 32.1. The number of rotatable bonds is 6. The van der Waals surface area contributed by atoms with Gasteiger partial charge in [0.1, 0.15) is 10.7 Å². The van der Waals surface area contributed by atoms with Crippen LogP contribution >= 0.6 is 11.3 Å². The zero-order valence-corrected chi connectivity index (χ0v) is 17.7. The summed E-state index contributed by atoms with van der Waals surface area (Å²) >= 11 is 1.50. The Morgan fingerprint density at radius 3 is 2.32 bits per heavy atom. The van der Waals surface area contributed by atoms with Gasteiger partial charge in [0, 0.05) is 50.2 Å². The van der Waals surface area contributed by atoms with Crippen LogP contribution in [0, 0.1) is 6.92 Å². The number of amides is 2. The second kappa shape index (κ2) is 9.30. The van der Waals surface area contributed by atoms with E-state index in [1.807, 2.05) is 41.2 Å². The quantitative estimate of drug-likeness (QED) is 0.748. The van der Waals surface area contributed by atoms with Gasteiger partial charge in [0.25, 0.3) is 5.91 Å². The summed E-state index contributed by atoms with van der Waals surface area (Å²) in [4.78, 5) is 35.4. The summed E-state index contributed by atoms with van der Waals surface area (Å²) in [7, 11) is 0. The van der Waals surface area contributed by atoms with Crippen LogP contribution in [0.3, 0.4) is 0 Å². The fraction of sp³-hybridized carbons (Fsp3) is 0.476. The van der Waals surface area contributed by atoms with Gasteiger partial charge < -0.3 is 9.80 Å². The number of aryl methyl sites for hydroxylation is 1. The molecule has 0 N–H and O–H groups in total. The Morgan fingerprint density at radius 2 is 1.71 bits per heavy atom. The van der Waals surface area contributed by atoms with Crippen LogP contribution in [0.1, 0.15) is 29.9 Å². The van der Waals surface area contributed by atoms with Crippen molar-refractivity contribution in [2.45, 2.75) is 20.8 Å². The molecule has 0 aliphatic carbocycles. The molecule has 0 spiro atoms. The molecule has 1 saturated heterocycles. The van der Waals surface area contributed by atoms with Crippen molar-refractivity contribution < 1.29 is 9.59 Å². The van der Waals surface area contributed by atoms with Gasteiger partial charge in [0.05, 0.1) is 6.54 Å². The van der Waals surface area contributed by atoms with Crippen molar-refractivity contribution in [3.8, 4) is 10.6 Å². The zero-order valence-electron chi connectivity index (χ0n) is 16.9. The molecule has 28 heavy (non-hydrogen) atoms. The van der Waals surface area contributed by atoms with Crippen LogP contribution in [0.5, 0.6) is 0 Å². The summed E-state index contributed by atoms with van der Waals surface area (Å²) < 4.78 is 0. The van der Waals surface area contributed by atoms with Gasteiger partial charge in [-0.1, -0.05) is 29.8 Å². The Morgan fingerprint density at radius 1 is 1.07 bits per heavy atom. The standard InChI is InChI=1S/C21H28N4O2S/c1-4-24(5-2)19(26)14-23-10-12-25(13-11-23)21(27)18-15-28-20(22-18)17-8-6-16(3)7-9-17/h6-9,15H,4-5,10-14H2,1-3H3. The van der Waals surface area contributed by atoms with Gasteiger partial charge in [-0.2, -0.15) is 0 Å². The van der Waals surface area contributed by atoms with Crippen molar-refractivity contribution in [2.24, 2.45) is 0 Å². The molecule has 1 aromatic carbocycles. The van der Waals surface area contributed by atoms with E-state index in [9.17, 15) is 9.59 Å². The third-order valence-corrected chi connectivity index (χ3v) is 6.05. The topological polar surface area (TPSA) is 56.8 Å². The van der Waals surface area contributed by atoms with E-state index in [-0.39, 0.29) is 11.8 Å². The van der Waals surface area contributed by atoms with E-state index in [0.717, 1.165) is 23.7 Å². The maximum atomic E-state index is 12.8. The molecular formula is C21H28N4O2S. The highest BCUT2D eigenvalue weighted by Gasteiger charge is 2.25. The number of benzene rings is 1. The van der Waals surface area contributed by atoms with Crippen molar-refractivity contribution >= 4 is 23.2 Å². The molecule has 0 unspecified atom stereocenters. The number of carbonyl (C=O) groups excluding carboxylic acids is 2. The first-order valence-corrected chi connectivity index (χ1v) is 10.7. The van der Waals surface area contributed by atoms with E-state index >= 15 is 0 Å². The Hall–Kier alpha value is -2.25. The first-order chi connectivity index (χ1) is 13.5. The fourth-order valence-electron chi connectivity index (χ4n) is 3.34. The highest BCUT2D eigenvalue weighted by Crippen LogP contribution is 2.24. The van der Waals surface area contributed by atoms with Crippen molar-refractivity contribution in [2.75, 3.05) is 45.8 Å². The number of carbonyl (C=O) groups is 2. The average Bonchev–Trinajstić information content (AvgIpc) is 3.20. The van der Waals surface area contributed by atoms with Crippen LogP contribution in [0.15, 0.2) is 29.6 Å². The minimum absolute atomic E-state index is 0.0238. The van der Waals surface area contributed by atoms with Crippen LogP contribution in [0.25, 0.3) is 10.6 Å². The van der Waals surface area contributed by atoms with Crippen LogP contribution in [-0.4, -0.2) is 77.3 Å². The predicted octanol–water partition coefficient (Wildman–Crippen LogP) is 2.74. The first-order valence-electron chi connectivity index (χ1n) is 9.83. The number of nitrogens with zero attached hydrogens (tertiary/aromatic N) is 4. The summed E-state index contributed by atoms with van der Waals surface area (Å²) in [5, 5.41) is 2.71. The molecule has 0 bridgehead atoms. The molecule has 1 aliphatic rings. The van der Waals surface area contributed by atoms with E-state index in [0.29, 0.717) is 38.4 Å². The molecule has 1 fully saturated rings. The van der Waals surface area contributed by atoms with Gasteiger partial charge in [-0.15, -0.1) is 11.3 Å². The Labute approximate surface area is 170 Å². The molecule has 2 heterocycles. The lowest BCUT2D eigenvalue weighted by Gasteiger charge is -2.34. The van der Waals surface area contributed by atoms with E-state index in [1.54, 1.807) is 0 Å². The first kappa shape index (κ1) is 20.5. The molecule has 2 amide bonds. The van der Waals surface area contributed by atoms with Crippen LogP contribution in [0.4, 0.5) is 0 Å². The minimum Gasteiger partial charge on any atom is -0.342 e. The number of thiazole rings is 1. The Bertz CT molecular complexity index is 806. The summed E-state index contributed by atoms with van der Waals surface area (Å²) in [5.41, 5.74) is 2.75. The zero-order chi connectivity index (χ0) is 20.1. The number of aromatic nitrogens is 1. The maximum absolute atomic E-state index is 12.8. The van der Waals surface area contributed by atoms with Gasteiger partial charge in [-0.3, -0.25) is 14.5 Å². The number of hydrogen-bond acceptors (Lipinski definition) is 5. The second-order valence-electron chi connectivity index (χ2n) is 7.04. The van der Waals surface area contributed by atoms with E-state index in [4.69, 9.17) is 0 Å². The SMILES string of the molecule is CCN(CC)C(=O)CN1CCN(C(=O)c2csc(-c3ccc(C)cc3)n2)CC1. The third-order valence-electron chi connectivity index (χ3n) is 5.16. The molecule has 0 saturated carbocycles. The molecule has 6 nitrogen and oxygen atoms in total. The Balaban J connectivity index is 1.55. The summed E-state index contributed by atoms with van der Waals surface area (Å²) in [6.45, 7) is 10.6. The second-order valence-corrected chi connectivity index (χ2v) is 7.90. The molecule has 0 atom stereocenters. The maximum Gasteiger partial charge on any atom is 0.273 e. The van der Waals surface area contributed by atoms with Crippen molar-refractivity contribution in [1.82, 2.24) is 19.7 Å². The molecule has 150 valence electrons. The number of hydrogen-bond donors (Lipinski definition) is 0. The van der Waals surface area contributed by atoms with Crippen LogP contribution in [0.2, 0.25) is 0 Å². The molecule has 1 aromatic heterocycles. The van der Waals surface area contributed by atoms with Gasteiger partial charge in [-0.25, -0.2) is 4.98 Å². The van der Waals surface area contributed by atoms with E-state index < -0.39 is 0 Å². The number of likely N-dealkylation sites (N-methyl/N-ethyl adjacent to an activating group) is 1. The Kier molecular flexibility index (Phi) is 6.80. The fourth-order valence-corrected chi connectivity index (χ4v) is 4.14. The lowest BCUT2D eigenvalue weighted by atomic mass is 10.2. The van der Waals surface area contributed by atoms with Gasteiger partial charge >= 0.3 is 0 Å². The molecule has 7 heteroatoms. The summed E-state index contributed by atoms with van der Waals surface area (Å²) in [6, 6.07) is 8.18. The van der Waals surface area contributed by atoms with Crippen molar-refractivity contribution in [1.29, 1.82) is 0 Å². The molecule has 1 aliphatic heterocycles. The van der Waals surface area contributed by atoms with Gasteiger partial charge in [0.2, 0.25) is 5.91 Å². The molecule has 2 aromatic rings. The monoisotopic (exact) mass is 400 g/mol. The average molecular weight is 401 g/mol. The highest BCUT2D eigenvalue weighted by molar-refractivity contribution is 7.13. The largest absolute Gasteiger partial charge is 0.342 e. The molecule has 0 radical (unpaired) electrons. The normalized spacial score (nSPS) is 14.9. The third kappa shape index (κ3) is 4.77. The van der Waals surface area contributed by atoms with E-state index in [2.05, 4.69) is 28.9 Å². The van der Waals surface area contributed by atoms with E-state index in [1.165, 1.54) is 16.9 Å². The van der Waals surface area contributed by atoms with Crippen molar-refractivity contribution in [3.63, 3.8) is 0 Å². The smallest absolute Gasteiger partial charge is 0.273 e. The van der Waals surface area contributed by atoms with Crippen molar-refractivity contribution in [3.05, 3.63) is 40.9 Å². The van der Waals surface area contributed by atoms with Gasteiger partial charge in [-0.05, 0) is 20.8 Å². The van der Waals surface area contributed by atoms with Crippen LogP contribution < -0.4 is 0 Å². The molecule has 3 rings (SSSR count). The number of piperazine rings is 1. The molecular weight excluding hydrogens is 372 g/mol. The predicted molar refractivity (Wildman–Crippen MR) is 113 cm³/mol. The van der Waals surface area contributed by atoms with Crippen LogP contribution in [-0.2, 0) is 4.79 Å².